The molecule has 3 aliphatic heterocycles. The van der Waals surface area contributed by atoms with Crippen LogP contribution in [0.15, 0.2) is 48.5 Å². The van der Waals surface area contributed by atoms with Crippen LogP contribution in [-0.4, -0.2) is 67.1 Å². The van der Waals surface area contributed by atoms with E-state index >= 15 is 0 Å². The number of phenols is 1. The second kappa shape index (κ2) is 9.38. The van der Waals surface area contributed by atoms with Crippen LogP contribution in [0.4, 0.5) is 0 Å². The maximum absolute atomic E-state index is 13.5. The number of phenolic OH excluding ortho intramolecular Hbond substituents is 1. The first kappa shape index (κ1) is 25.1. The summed E-state index contributed by atoms with van der Waals surface area (Å²) >= 11 is 1.33. The molecule has 5 rings (SSSR count). The molecule has 194 valence electrons. The largest absolute Gasteiger partial charge is 0.508 e. The SMILES string of the molecule is CC1(C)S[C@@H]2C(NC(=O)C(NC(=O)C3Cc4ccccc4CN3)c3ccc(O)cc3)C(=O)N2[C@H]1C(=O)O. The van der Waals surface area contributed by atoms with E-state index in [1.807, 2.05) is 24.3 Å². The monoisotopic (exact) mass is 524 g/mol. The molecule has 5 atom stereocenters. The molecule has 2 fully saturated rings. The lowest BCUT2D eigenvalue weighted by Crippen LogP contribution is -2.71. The molecule has 3 unspecified atom stereocenters. The van der Waals surface area contributed by atoms with Crippen molar-refractivity contribution in [2.24, 2.45) is 0 Å². The van der Waals surface area contributed by atoms with Crippen molar-refractivity contribution in [3.8, 4) is 5.75 Å². The van der Waals surface area contributed by atoms with Crippen molar-refractivity contribution in [2.45, 2.75) is 61.1 Å². The number of benzene rings is 2. The first-order chi connectivity index (χ1) is 17.6. The Morgan fingerprint density at radius 2 is 1.78 bits per heavy atom. The number of hydrogen-bond acceptors (Lipinski definition) is 7. The maximum atomic E-state index is 13.5. The summed E-state index contributed by atoms with van der Waals surface area (Å²) in [5, 5.41) is 27.6. The molecule has 0 aliphatic carbocycles. The van der Waals surface area contributed by atoms with Crippen molar-refractivity contribution < 1.29 is 29.4 Å². The summed E-state index contributed by atoms with van der Waals surface area (Å²) in [5.41, 5.74) is 2.61. The van der Waals surface area contributed by atoms with Gasteiger partial charge in [-0.15, -0.1) is 11.8 Å². The number of amides is 3. The number of rotatable bonds is 6. The van der Waals surface area contributed by atoms with Gasteiger partial charge in [-0.05, 0) is 49.1 Å². The number of carbonyl (C=O) groups is 4. The third-order valence-corrected chi connectivity index (χ3v) is 8.72. The summed E-state index contributed by atoms with van der Waals surface area (Å²) in [4.78, 5) is 52.6. The van der Waals surface area contributed by atoms with E-state index in [-0.39, 0.29) is 11.7 Å². The number of carboxylic acid groups (broad SMARTS) is 1. The number of fused-ring (bicyclic) bond motifs is 2. The zero-order valence-electron chi connectivity index (χ0n) is 20.3. The highest BCUT2D eigenvalue weighted by molar-refractivity contribution is 8.01. The van der Waals surface area contributed by atoms with Gasteiger partial charge >= 0.3 is 5.97 Å². The summed E-state index contributed by atoms with van der Waals surface area (Å²) in [5.74, 6) is -2.51. The number of aromatic hydroxyl groups is 1. The molecule has 3 heterocycles. The highest BCUT2D eigenvalue weighted by Crippen LogP contribution is 2.50. The Kier molecular flexibility index (Phi) is 6.36. The molecule has 3 aliphatic rings. The van der Waals surface area contributed by atoms with E-state index in [9.17, 15) is 29.4 Å². The van der Waals surface area contributed by atoms with Crippen molar-refractivity contribution in [1.29, 1.82) is 0 Å². The fourth-order valence-corrected chi connectivity index (χ4v) is 6.86. The second-order valence-electron chi connectivity index (χ2n) is 10.0. The smallest absolute Gasteiger partial charge is 0.327 e. The lowest BCUT2D eigenvalue weighted by molar-refractivity contribution is -0.161. The molecule has 5 N–H and O–H groups in total. The number of nitrogens with one attached hydrogen (secondary N) is 3. The quantitative estimate of drug-likeness (QED) is 0.350. The van der Waals surface area contributed by atoms with Gasteiger partial charge in [0.1, 0.15) is 29.2 Å². The molecule has 2 saturated heterocycles. The van der Waals surface area contributed by atoms with Gasteiger partial charge in [-0.25, -0.2) is 4.79 Å². The number of β-lactam (4-membered cyclic amide) rings is 1. The standard InChI is InChI=1S/C26H28N4O6S/c1-26(2)20(25(35)36)30-23(34)19(24(30)37-26)29-22(33)18(13-7-9-16(31)10-8-13)28-21(32)17-11-14-5-3-4-6-15(14)12-27-17/h3-10,17-20,24,27,31H,11-12H2,1-2H3,(H,28,32)(H,29,33)(H,35,36)/t17?,18?,19?,20-,24+/m0/s1. The molecule has 0 saturated carbocycles. The number of nitrogens with zero attached hydrogens (tertiary/aromatic N) is 1. The van der Waals surface area contributed by atoms with Gasteiger partial charge in [0, 0.05) is 11.3 Å². The molecule has 0 radical (unpaired) electrons. The fourth-order valence-electron chi connectivity index (χ4n) is 5.23. The van der Waals surface area contributed by atoms with Crippen molar-refractivity contribution in [3.63, 3.8) is 0 Å². The van der Waals surface area contributed by atoms with Crippen molar-refractivity contribution >= 4 is 35.5 Å². The highest BCUT2D eigenvalue weighted by Gasteiger charge is 2.64. The molecular weight excluding hydrogens is 496 g/mol. The van der Waals surface area contributed by atoms with Crippen LogP contribution in [0, 0.1) is 0 Å². The van der Waals surface area contributed by atoms with Gasteiger partial charge in [-0.1, -0.05) is 36.4 Å². The Bertz CT molecular complexity index is 1270. The average Bonchev–Trinajstić information content (AvgIpc) is 3.13. The lowest BCUT2D eigenvalue weighted by Gasteiger charge is -2.44. The van der Waals surface area contributed by atoms with Gasteiger partial charge in [-0.3, -0.25) is 14.4 Å². The van der Waals surface area contributed by atoms with Crippen LogP contribution < -0.4 is 16.0 Å². The van der Waals surface area contributed by atoms with Gasteiger partial charge in [0.15, 0.2) is 0 Å². The zero-order chi connectivity index (χ0) is 26.5. The number of aliphatic carboxylic acids is 1. The predicted molar refractivity (Wildman–Crippen MR) is 135 cm³/mol. The summed E-state index contributed by atoms with van der Waals surface area (Å²) in [6.45, 7) is 4.04. The molecule has 10 nitrogen and oxygen atoms in total. The molecule has 0 spiro atoms. The van der Waals surface area contributed by atoms with E-state index in [0.29, 0.717) is 18.5 Å². The van der Waals surface area contributed by atoms with Gasteiger partial charge < -0.3 is 31.1 Å². The average molecular weight is 525 g/mol. The van der Waals surface area contributed by atoms with Crippen molar-refractivity contribution in [1.82, 2.24) is 20.9 Å². The van der Waals surface area contributed by atoms with Crippen LogP contribution in [0.3, 0.4) is 0 Å². The molecule has 2 aromatic carbocycles. The Labute approximate surface area is 217 Å². The van der Waals surface area contributed by atoms with E-state index < -0.39 is 52.1 Å². The molecular formula is C26H28N4O6S. The van der Waals surface area contributed by atoms with Crippen LogP contribution in [0.1, 0.15) is 36.6 Å². The Morgan fingerprint density at radius 1 is 1.11 bits per heavy atom. The molecule has 0 aromatic heterocycles. The Balaban J connectivity index is 1.33. The molecule has 11 heteroatoms. The molecule has 2 aromatic rings. The van der Waals surface area contributed by atoms with Crippen molar-refractivity contribution in [2.75, 3.05) is 0 Å². The van der Waals surface area contributed by atoms with E-state index in [1.54, 1.807) is 13.8 Å². The number of carboxylic acids is 1. The summed E-state index contributed by atoms with van der Waals surface area (Å²) in [6, 6.07) is 10.2. The fraction of sp³-hybridized carbons (Fsp3) is 0.385. The topological polar surface area (TPSA) is 148 Å². The summed E-state index contributed by atoms with van der Waals surface area (Å²) < 4.78 is -0.723. The first-order valence-corrected chi connectivity index (χ1v) is 12.9. The van der Waals surface area contributed by atoms with Gasteiger partial charge in [0.25, 0.3) is 0 Å². The first-order valence-electron chi connectivity index (χ1n) is 12.0. The molecule has 3 amide bonds. The van der Waals surface area contributed by atoms with E-state index in [2.05, 4.69) is 16.0 Å². The predicted octanol–water partition coefficient (Wildman–Crippen LogP) is 0.896. The summed E-state index contributed by atoms with van der Waals surface area (Å²) in [6.07, 6.45) is 0.465. The maximum Gasteiger partial charge on any atom is 0.327 e. The molecule has 37 heavy (non-hydrogen) atoms. The van der Waals surface area contributed by atoms with E-state index in [0.717, 1.165) is 11.1 Å². The Hall–Kier alpha value is -3.57. The highest BCUT2D eigenvalue weighted by atomic mass is 32.2. The number of carbonyl (C=O) groups excluding carboxylic acids is 3. The van der Waals surface area contributed by atoms with Crippen LogP contribution in [0.25, 0.3) is 0 Å². The summed E-state index contributed by atoms with van der Waals surface area (Å²) in [7, 11) is 0. The normalized spacial score (nSPS) is 26.3. The minimum absolute atomic E-state index is 0.00824. The van der Waals surface area contributed by atoms with Crippen molar-refractivity contribution in [3.05, 3.63) is 65.2 Å². The van der Waals surface area contributed by atoms with Gasteiger partial charge in [0.2, 0.25) is 17.7 Å². The minimum Gasteiger partial charge on any atom is -0.508 e. The minimum atomic E-state index is -1.12. The molecule has 0 bridgehead atoms. The zero-order valence-corrected chi connectivity index (χ0v) is 21.1. The van der Waals surface area contributed by atoms with Crippen LogP contribution in [-0.2, 0) is 32.1 Å². The third kappa shape index (κ3) is 4.53. The van der Waals surface area contributed by atoms with E-state index in [1.165, 1.54) is 40.9 Å². The number of thioether (sulfide) groups is 1. The third-order valence-electron chi connectivity index (χ3n) is 7.15. The van der Waals surface area contributed by atoms with Crippen LogP contribution in [0.5, 0.6) is 5.75 Å². The number of hydrogen-bond donors (Lipinski definition) is 5. The van der Waals surface area contributed by atoms with Crippen LogP contribution in [0.2, 0.25) is 0 Å². The second-order valence-corrected chi connectivity index (χ2v) is 11.8. The lowest BCUT2D eigenvalue weighted by atomic mass is 9.94. The Morgan fingerprint density at radius 3 is 2.46 bits per heavy atom. The van der Waals surface area contributed by atoms with Crippen LogP contribution >= 0.6 is 11.8 Å². The van der Waals surface area contributed by atoms with Gasteiger partial charge in [0.05, 0.1) is 6.04 Å². The van der Waals surface area contributed by atoms with E-state index in [4.69, 9.17) is 0 Å². The van der Waals surface area contributed by atoms with Gasteiger partial charge in [-0.2, -0.15) is 0 Å².